The lowest BCUT2D eigenvalue weighted by Crippen LogP contribution is -2.35. The number of rotatable bonds is 4. The number of hydrogen-bond donors (Lipinski definition) is 1. The molecule has 1 amide bonds. The first kappa shape index (κ1) is 14.8. The first-order valence-electron chi connectivity index (χ1n) is 5.15. The van der Waals surface area contributed by atoms with Crippen LogP contribution in [0.2, 0.25) is 10.0 Å². The summed E-state index contributed by atoms with van der Waals surface area (Å²) in [7, 11) is 0. The van der Waals surface area contributed by atoms with Crippen molar-refractivity contribution in [2.75, 3.05) is 11.9 Å². The summed E-state index contributed by atoms with van der Waals surface area (Å²) in [5.74, 6) is -0.241. The van der Waals surface area contributed by atoms with Gasteiger partial charge in [0.1, 0.15) is 0 Å². The van der Waals surface area contributed by atoms with E-state index in [4.69, 9.17) is 23.2 Å². The van der Waals surface area contributed by atoms with Gasteiger partial charge < -0.3 is 5.32 Å². The van der Waals surface area contributed by atoms with Crippen molar-refractivity contribution in [1.29, 1.82) is 0 Å². The molecule has 0 aliphatic carbocycles. The smallest absolute Gasteiger partial charge is 0.254 e. The Morgan fingerprint density at radius 3 is 2.35 bits per heavy atom. The number of benzene rings is 1. The lowest BCUT2D eigenvalue weighted by Gasteiger charge is -2.22. The van der Waals surface area contributed by atoms with E-state index < -0.39 is 0 Å². The Hall–Kier alpha value is -0.250. The first-order valence-corrected chi connectivity index (χ1v) is 7.03. The summed E-state index contributed by atoms with van der Waals surface area (Å²) in [5, 5.41) is 4.37. The van der Waals surface area contributed by atoms with Crippen molar-refractivity contribution in [3.8, 4) is 0 Å². The highest BCUT2D eigenvalue weighted by Gasteiger charge is 2.20. The topological polar surface area (TPSA) is 29.1 Å². The van der Waals surface area contributed by atoms with Crippen molar-refractivity contribution in [3.63, 3.8) is 0 Å². The van der Waals surface area contributed by atoms with Crippen LogP contribution < -0.4 is 5.32 Å². The van der Waals surface area contributed by atoms with Gasteiger partial charge in [-0.1, -0.05) is 59.0 Å². The molecule has 0 radical (unpaired) electrons. The zero-order valence-electron chi connectivity index (χ0n) is 9.69. The maximum Gasteiger partial charge on any atom is 0.254 e. The summed E-state index contributed by atoms with van der Waals surface area (Å²) in [4.78, 5) is 12.0. The molecule has 1 aromatic carbocycles. The average Bonchev–Trinajstić information content (AvgIpc) is 2.26. The first-order chi connectivity index (χ1) is 7.87. The summed E-state index contributed by atoms with van der Waals surface area (Å²) in [6.07, 6.45) is 0. The standard InChI is InChI=1S/C12H14BrCl2NO/c1-12(2,6-13)7-16-11(17)10-8(14)4-3-5-9(10)15/h3-5H,6-7H2,1-2H3,(H,16,17). The fourth-order valence-electron chi connectivity index (χ4n) is 1.17. The number of alkyl halides is 1. The molecule has 0 saturated heterocycles. The molecule has 0 heterocycles. The molecule has 1 N–H and O–H groups in total. The summed E-state index contributed by atoms with van der Waals surface area (Å²) < 4.78 is 0. The van der Waals surface area contributed by atoms with Gasteiger partial charge in [-0.05, 0) is 17.5 Å². The van der Waals surface area contributed by atoms with Crippen molar-refractivity contribution in [1.82, 2.24) is 5.32 Å². The van der Waals surface area contributed by atoms with Gasteiger partial charge in [0, 0.05) is 11.9 Å². The zero-order valence-corrected chi connectivity index (χ0v) is 12.8. The highest BCUT2D eigenvalue weighted by molar-refractivity contribution is 9.09. The molecule has 0 aromatic heterocycles. The number of amides is 1. The Labute approximate surface area is 120 Å². The molecule has 0 unspecified atom stereocenters. The van der Waals surface area contributed by atoms with Gasteiger partial charge in [0.15, 0.2) is 0 Å². The molecule has 5 heteroatoms. The molecule has 0 spiro atoms. The van der Waals surface area contributed by atoms with Crippen LogP contribution in [0.4, 0.5) is 0 Å². The van der Waals surface area contributed by atoms with Gasteiger partial charge >= 0.3 is 0 Å². The zero-order chi connectivity index (χ0) is 13.1. The van der Waals surface area contributed by atoms with Crippen LogP contribution in [0, 0.1) is 5.41 Å². The second-order valence-electron chi connectivity index (χ2n) is 4.58. The van der Waals surface area contributed by atoms with Gasteiger partial charge in [-0.15, -0.1) is 0 Å². The number of carbonyl (C=O) groups is 1. The quantitative estimate of drug-likeness (QED) is 0.821. The molecule has 0 saturated carbocycles. The van der Waals surface area contributed by atoms with Gasteiger partial charge in [-0.2, -0.15) is 0 Å². The van der Waals surface area contributed by atoms with E-state index in [0.29, 0.717) is 22.2 Å². The van der Waals surface area contributed by atoms with Crippen molar-refractivity contribution in [3.05, 3.63) is 33.8 Å². The van der Waals surface area contributed by atoms with Crippen molar-refractivity contribution in [2.45, 2.75) is 13.8 Å². The molecular weight excluding hydrogens is 325 g/mol. The lowest BCUT2D eigenvalue weighted by molar-refractivity contribution is 0.0940. The predicted octanol–water partition coefficient (Wildman–Crippen LogP) is 4.14. The maximum absolute atomic E-state index is 12.0. The monoisotopic (exact) mass is 337 g/mol. The van der Waals surface area contributed by atoms with Crippen LogP contribution >= 0.6 is 39.1 Å². The van der Waals surface area contributed by atoms with E-state index in [9.17, 15) is 4.79 Å². The van der Waals surface area contributed by atoms with Gasteiger partial charge in [0.25, 0.3) is 5.91 Å². The number of nitrogens with one attached hydrogen (secondary N) is 1. The largest absolute Gasteiger partial charge is 0.351 e. The number of halogens is 3. The maximum atomic E-state index is 12.0. The number of hydrogen-bond acceptors (Lipinski definition) is 1. The Kier molecular flexibility index (Phi) is 5.29. The summed E-state index contributed by atoms with van der Waals surface area (Å²) >= 11 is 15.3. The van der Waals surface area contributed by atoms with E-state index in [2.05, 4.69) is 35.1 Å². The fourth-order valence-corrected chi connectivity index (χ4v) is 1.94. The molecule has 1 rings (SSSR count). The van der Waals surface area contributed by atoms with Crippen molar-refractivity contribution < 1.29 is 4.79 Å². The van der Waals surface area contributed by atoms with Crippen LogP contribution in [-0.4, -0.2) is 17.8 Å². The van der Waals surface area contributed by atoms with Gasteiger partial charge in [-0.3, -0.25) is 4.79 Å². The molecule has 0 bridgehead atoms. The Bertz CT molecular complexity index is 401. The van der Waals surface area contributed by atoms with Crippen LogP contribution in [0.15, 0.2) is 18.2 Å². The highest BCUT2D eigenvalue weighted by Crippen LogP contribution is 2.24. The molecule has 1 aromatic rings. The van der Waals surface area contributed by atoms with E-state index in [1.165, 1.54) is 0 Å². The minimum absolute atomic E-state index is 0.0105. The molecule has 94 valence electrons. The third kappa shape index (κ3) is 4.16. The minimum Gasteiger partial charge on any atom is -0.351 e. The summed E-state index contributed by atoms with van der Waals surface area (Å²) in [6.45, 7) is 4.66. The molecule has 0 fully saturated rings. The van der Waals surface area contributed by atoms with Crippen LogP contribution in [0.3, 0.4) is 0 Å². The second kappa shape index (κ2) is 6.07. The van der Waals surface area contributed by atoms with E-state index >= 15 is 0 Å². The summed E-state index contributed by atoms with van der Waals surface area (Å²) in [5.41, 5.74) is 0.324. The fraction of sp³-hybridized carbons (Fsp3) is 0.417. The summed E-state index contributed by atoms with van der Waals surface area (Å²) in [6, 6.07) is 5.01. The van der Waals surface area contributed by atoms with Gasteiger partial charge in [0.05, 0.1) is 15.6 Å². The van der Waals surface area contributed by atoms with Crippen LogP contribution in [0.25, 0.3) is 0 Å². The third-order valence-corrected chi connectivity index (χ3v) is 4.43. The molecule has 0 aliphatic rings. The molecule has 2 nitrogen and oxygen atoms in total. The van der Waals surface area contributed by atoms with E-state index in [-0.39, 0.29) is 11.3 Å². The Morgan fingerprint density at radius 2 is 1.88 bits per heavy atom. The Morgan fingerprint density at radius 1 is 1.35 bits per heavy atom. The van der Waals surface area contributed by atoms with Gasteiger partial charge in [0.2, 0.25) is 0 Å². The molecular formula is C12H14BrCl2NO. The van der Waals surface area contributed by atoms with E-state index in [1.54, 1.807) is 18.2 Å². The Balaban J connectivity index is 2.78. The van der Waals surface area contributed by atoms with Gasteiger partial charge in [-0.25, -0.2) is 0 Å². The lowest BCUT2D eigenvalue weighted by atomic mass is 9.97. The SMILES string of the molecule is CC(C)(CBr)CNC(=O)c1c(Cl)cccc1Cl. The second-order valence-corrected chi connectivity index (χ2v) is 5.95. The van der Waals surface area contributed by atoms with Crippen molar-refractivity contribution >= 4 is 45.0 Å². The average molecular weight is 339 g/mol. The van der Waals surface area contributed by atoms with Crippen LogP contribution in [0.5, 0.6) is 0 Å². The molecule has 0 atom stereocenters. The predicted molar refractivity (Wildman–Crippen MR) is 76.4 cm³/mol. The number of carbonyl (C=O) groups excluding carboxylic acids is 1. The molecule has 0 aliphatic heterocycles. The molecule has 17 heavy (non-hydrogen) atoms. The highest BCUT2D eigenvalue weighted by atomic mass is 79.9. The van der Waals surface area contributed by atoms with Crippen LogP contribution in [-0.2, 0) is 0 Å². The minimum atomic E-state index is -0.241. The van der Waals surface area contributed by atoms with E-state index in [1.807, 2.05) is 0 Å². The van der Waals surface area contributed by atoms with Crippen LogP contribution in [0.1, 0.15) is 24.2 Å². The normalized spacial score (nSPS) is 11.4. The third-order valence-electron chi connectivity index (χ3n) is 2.28. The van der Waals surface area contributed by atoms with Crippen molar-refractivity contribution in [2.24, 2.45) is 5.41 Å². The van der Waals surface area contributed by atoms with E-state index in [0.717, 1.165) is 5.33 Å².